The third kappa shape index (κ3) is 5.23. The number of halogens is 1. The van der Waals surface area contributed by atoms with Crippen LogP contribution < -0.4 is 5.32 Å². The van der Waals surface area contributed by atoms with Crippen LogP contribution in [0.15, 0.2) is 11.1 Å². The number of carbonyl (C=O) groups excluding carboxylic acids is 1. The lowest BCUT2D eigenvalue weighted by Gasteiger charge is -2.19. The molecule has 1 amide bonds. The highest BCUT2D eigenvalue weighted by atomic mass is 35.5. The average molecular weight is 276 g/mol. The Morgan fingerprint density at radius 3 is 2.65 bits per heavy atom. The molecule has 0 aromatic carbocycles. The van der Waals surface area contributed by atoms with Gasteiger partial charge in [0.15, 0.2) is 0 Å². The summed E-state index contributed by atoms with van der Waals surface area (Å²) in [6, 6.07) is 1.62. The number of rotatable bonds is 2. The molecule has 7 heteroatoms. The van der Waals surface area contributed by atoms with E-state index in [1.54, 1.807) is 26.8 Å². The van der Waals surface area contributed by atoms with Gasteiger partial charge in [-0.15, -0.1) is 11.8 Å². The Kier molecular flexibility index (Phi) is 4.59. The van der Waals surface area contributed by atoms with Crippen LogP contribution in [0.5, 0.6) is 0 Å². The van der Waals surface area contributed by atoms with Crippen LogP contribution in [0.1, 0.15) is 20.8 Å². The van der Waals surface area contributed by atoms with Crippen molar-refractivity contribution in [2.75, 3.05) is 11.6 Å². The van der Waals surface area contributed by atoms with Crippen molar-refractivity contribution in [3.8, 4) is 0 Å². The van der Waals surface area contributed by atoms with Crippen LogP contribution in [0.25, 0.3) is 0 Å². The predicted octanol–water partition coefficient (Wildman–Crippen LogP) is 3.20. The Morgan fingerprint density at radius 1 is 1.47 bits per heavy atom. The summed E-state index contributed by atoms with van der Waals surface area (Å²) in [5, 5.41) is 3.38. The van der Waals surface area contributed by atoms with Crippen molar-refractivity contribution >= 4 is 35.4 Å². The lowest BCUT2D eigenvalue weighted by molar-refractivity contribution is 0.0634. The average Bonchev–Trinajstić information content (AvgIpc) is 2.13. The van der Waals surface area contributed by atoms with Crippen LogP contribution >= 0.6 is 23.4 Å². The summed E-state index contributed by atoms with van der Waals surface area (Å²) in [6.45, 7) is 5.33. The van der Waals surface area contributed by atoms with Crippen molar-refractivity contribution in [2.45, 2.75) is 31.4 Å². The topological polar surface area (TPSA) is 64.1 Å². The second kappa shape index (κ2) is 5.55. The Morgan fingerprint density at radius 2 is 2.12 bits per heavy atom. The third-order valence-corrected chi connectivity index (χ3v) is 2.31. The number of carbonyl (C=O) groups is 1. The highest BCUT2D eigenvalue weighted by Gasteiger charge is 2.17. The van der Waals surface area contributed by atoms with Gasteiger partial charge in [-0.2, -0.15) is 0 Å². The van der Waals surface area contributed by atoms with E-state index in [0.717, 1.165) is 0 Å². The number of thioether (sulfide) groups is 1. The van der Waals surface area contributed by atoms with Gasteiger partial charge in [-0.3, -0.25) is 5.32 Å². The largest absolute Gasteiger partial charge is 0.444 e. The highest BCUT2D eigenvalue weighted by molar-refractivity contribution is 7.98. The standard InChI is InChI=1S/C10H14ClN3O2S/c1-10(2,3)16-9(15)14-8-12-6(11)5-7(13-8)17-4/h5H,1-4H3,(H,12,13,14,15). The second-order valence-corrected chi connectivity index (χ2v) is 5.40. The van der Waals surface area contributed by atoms with E-state index in [4.69, 9.17) is 16.3 Å². The van der Waals surface area contributed by atoms with Crippen molar-refractivity contribution in [1.82, 2.24) is 9.97 Å². The summed E-state index contributed by atoms with van der Waals surface area (Å²) in [4.78, 5) is 19.4. The molecule has 0 saturated carbocycles. The van der Waals surface area contributed by atoms with Gasteiger partial charge in [-0.05, 0) is 27.0 Å². The highest BCUT2D eigenvalue weighted by Crippen LogP contribution is 2.18. The van der Waals surface area contributed by atoms with E-state index < -0.39 is 11.7 Å². The zero-order valence-electron chi connectivity index (χ0n) is 10.1. The fraction of sp³-hybridized carbons (Fsp3) is 0.500. The van der Waals surface area contributed by atoms with Crippen molar-refractivity contribution in [3.63, 3.8) is 0 Å². The fourth-order valence-electron chi connectivity index (χ4n) is 0.952. The number of hydrogen-bond acceptors (Lipinski definition) is 5. The van der Waals surface area contributed by atoms with Gasteiger partial charge in [0.2, 0.25) is 5.95 Å². The zero-order valence-corrected chi connectivity index (χ0v) is 11.6. The summed E-state index contributed by atoms with van der Waals surface area (Å²) < 4.78 is 5.08. The van der Waals surface area contributed by atoms with Crippen LogP contribution in [-0.4, -0.2) is 27.9 Å². The Hall–Kier alpha value is -1.01. The van der Waals surface area contributed by atoms with Crippen LogP contribution in [0, 0.1) is 0 Å². The van der Waals surface area contributed by atoms with E-state index in [1.807, 2.05) is 6.26 Å². The lowest BCUT2D eigenvalue weighted by atomic mass is 10.2. The van der Waals surface area contributed by atoms with Gasteiger partial charge in [0.25, 0.3) is 0 Å². The fourth-order valence-corrected chi connectivity index (χ4v) is 1.61. The maximum absolute atomic E-state index is 11.5. The quantitative estimate of drug-likeness (QED) is 0.663. The first-order valence-corrected chi connectivity index (χ1v) is 6.49. The first-order chi connectivity index (χ1) is 7.80. The molecule has 0 unspecified atom stereocenters. The van der Waals surface area contributed by atoms with E-state index in [1.165, 1.54) is 11.8 Å². The van der Waals surface area contributed by atoms with Crippen molar-refractivity contribution in [3.05, 3.63) is 11.2 Å². The summed E-state index contributed by atoms with van der Waals surface area (Å²) >= 11 is 7.20. The molecule has 0 radical (unpaired) electrons. The molecule has 1 aromatic heterocycles. The molecule has 0 spiro atoms. The van der Waals surface area contributed by atoms with Gasteiger partial charge < -0.3 is 4.74 Å². The van der Waals surface area contributed by atoms with E-state index >= 15 is 0 Å². The molecule has 0 atom stereocenters. The Balaban J connectivity index is 2.74. The first-order valence-electron chi connectivity index (χ1n) is 4.89. The molecule has 94 valence electrons. The van der Waals surface area contributed by atoms with Gasteiger partial charge in [0.1, 0.15) is 15.8 Å². The molecule has 1 aromatic rings. The number of ether oxygens (including phenoxy) is 1. The molecule has 0 aliphatic carbocycles. The van der Waals surface area contributed by atoms with Crippen LogP contribution in [0.2, 0.25) is 5.15 Å². The van der Waals surface area contributed by atoms with Crippen LogP contribution in [-0.2, 0) is 4.74 Å². The number of anilines is 1. The minimum absolute atomic E-state index is 0.135. The number of aromatic nitrogens is 2. The minimum Gasteiger partial charge on any atom is -0.444 e. The van der Waals surface area contributed by atoms with E-state index in [2.05, 4.69) is 15.3 Å². The monoisotopic (exact) mass is 275 g/mol. The van der Waals surface area contributed by atoms with E-state index in [0.29, 0.717) is 5.03 Å². The number of nitrogens with zero attached hydrogens (tertiary/aromatic N) is 2. The van der Waals surface area contributed by atoms with Crippen molar-refractivity contribution in [2.24, 2.45) is 0 Å². The molecule has 0 bridgehead atoms. The second-order valence-electron chi connectivity index (χ2n) is 4.18. The molecule has 1 heterocycles. The predicted molar refractivity (Wildman–Crippen MR) is 68.7 cm³/mol. The van der Waals surface area contributed by atoms with Gasteiger partial charge in [0.05, 0.1) is 0 Å². The summed E-state index contributed by atoms with van der Waals surface area (Å²) in [6.07, 6.45) is 1.25. The van der Waals surface area contributed by atoms with E-state index in [9.17, 15) is 4.79 Å². The van der Waals surface area contributed by atoms with Crippen molar-refractivity contribution < 1.29 is 9.53 Å². The summed E-state index contributed by atoms with van der Waals surface area (Å²) in [5.41, 5.74) is -0.564. The molecule has 0 fully saturated rings. The molecule has 0 saturated heterocycles. The van der Waals surface area contributed by atoms with Crippen LogP contribution in [0.3, 0.4) is 0 Å². The maximum atomic E-state index is 11.5. The summed E-state index contributed by atoms with van der Waals surface area (Å²) in [5.74, 6) is 0.135. The maximum Gasteiger partial charge on any atom is 0.414 e. The molecule has 0 aliphatic heterocycles. The Labute approximate surface area is 109 Å². The smallest absolute Gasteiger partial charge is 0.414 e. The van der Waals surface area contributed by atoms with E-state index in [-0.39, 0.29) is 11.1 Å². The third-order valence-electron chi connectivity index (χ3n) is 1.49. The molecule has 0 aliphatic rings. The first kappa shape index (κ1) is 14.1. The molecule has 1 N–H and O–H groups in total. The number of amides is 1. The zero-order chi connectivity index (χ0) is 13.1. The number of nitrogens with one attached hydrogen (secondary N) is 1. The normalized spacial score (nSPS) is 11.1. The molecule has 5 nitrogen and oxygen atoms in total. The Bertz CT molecular complexity index is 421. The lowest BCUT2D eigenvalue weighted by Crippen LogP contribution is -2.27. The van der Waals surface area contributed by atoms with Crippen molar-refractivity contribution in [1.29, 1.82) is 0 Å². The molecular weight excluding hydrogens is 262 g/mol. The van der Waals surface area contributed by atoms with Gasteiger partial charge >= 0.3 is 6.09 Å². The molecule has 17 heavy (non-hydrogen) atoms. The van der Waals surface area contributed by atoms with Gasteiger partial charge in [0, 0.05) is 6.07 Å². The molecule has 1 rings (SSSR count). The SMILES string of the molecule is CSc1cc(Cl)nc(NC(=O)OC(C)(C)C)n1. The van der Waals surface area contributed by atoms with Gasteiger partial charge in [-0.1, -0.05) is 11.6 Å². The molecular formula is C10H14ClN3O2S. The van der Waals surface area contributed by atoms with Crippen LogP contribution in [0.4, 0.5) is 10.7 Å². The minimum atomic E-state index is -0.605. The van der Waals surface area contributed by atoms with Gasteiger partial charge in [-0.25, -0.2) is 14.8 Å². The number of hydrogen-bond donors (Lipinski definition) is 1. The summed E-state index contributed by atoms with van der Waals surface area (Å²) in [7, 11) is 0.